The summed E-state index contributed by atoms with van der Waals surface area (Å²) in [5.74, 6) is 0.740. The number of ether oxygens (including phenoxy) is 1. The van der Waals surface area contributed by atoms with Gasteiger partial charge >= 0.3 is 0 Å². The first-order valence-corrected chi connectivity index (χ1v) is 5.61. The zero-order valence-electron chi connectivity index (χ0n) is 9.92. The van der Waals surface area contributed by atoms with Crippen LogP contribution >= 0.6 is 0 Å². The normalized spacial score (nSPS) is 10.3. The minimum atomic E-state index is -0.0839. The summed E-state index contributed by atoms with van der Waals surface area (Å²) >= 11 is 0. The van der Waals surface area contributed by atoms with Crippen LogP contribution in [0.1, 0.15) is 12.5 Å². The number of aromatic hydroxyl groups is 3. The molecule has 2 aromatic carbocycles. The maximum absolute atomic E-state index is 9.70. The molecule has 0 aliphatic rings. The third-order valence-electron chi connectivity index (χ3n) is 2.55. The van der Waals surface area contributed by atoms with Gasteiger partial charge < -0.3 is 20.1 Å². The van der Waals surface area contributed by atoms with Crippen molar-refractivity contribution >= 4 is 0 Å². The third-order valence-corrected chi connectivity index (χ3v) is 2.55. The van der Waals surface area contributed by atoms with Gasteiger partial charge in [-0.3, -0.25) is 0 Å². The molecule has 0 amide bonds. The van der Waals surface area contributed by atoms with Crippen LogP contribution in [0, 0.1) is 0 Å². The summed E-state index contributed by atoms with van der Waals surface area (Å²) in [7, 11) is 0. The lowest BCUT2D eigenvalue weighted by Crippen LogP contribution is -1.86. The van der Waals surface area contributed by atoms with Gasteiger partial charge in [0.15, 0.2) is 0 Å². The number of phenols is 3. The summed E-state index contributed by atoms with van der Waals surface area (Å²) in [4.78, 5) is 0. The standard InChI is InChI=1S/C14H14O4/c1-2-9-3-4-12(8-14(9)17)18-13-6-10(15)5-11(16)7-13/h3-8,15-17H,2H2,1H3. The van der Waals surface area contributed by atoms with E-state index in [-0.39, 0.29) is 17.2 Å². The van der Waals surface area contributed by atoms with Gasteiger partial charge in [0.1, 0.15) is 28.7 Å². The van der Waals surface area contributed by atoms with Crippen LogP contribution in [-0.2, 0) is 6.42 Å². The van der Waals surface area contributed by atoms with Crippen molar-refractivity contribution in [1.82, 2.24) is 0 Å². The molecular formula is C14H14O4. The molecule has 94 valence electrons. The topological polar surface area (TPSA) is 69.9 Å². The Morgan fingerprint density at radius 1 is 0.889 bits per heavy atom. The van der Waals surface area contributed by atoms with Gasteiger partial charge in [-0.1, -0.05) is 13.0 Å². The van der Waals surface area contributed by atoms with Gasteiger partial charge in [-0.2, -0.15) is 0 Å². The Morgan fingerprint density at radius 2 is 1.56 bits per heavy atom. The quantitative estimate of drug-likeness (QED) is 0.778. The zero-order chi connectivity index (χ0) is 13.1. The summed E-state index contributed by atoms with van der Waals surface area (Å²) in [6, 6.07) is 8.96. The highest BCUT2D eigenvalue weighted by Crippen LogP contribution is 2.31. The summed E-state index contributed by atoms with van der Waals surface area (Å²) in [6.45, 7) is 1.95. The van der Waals surface area contributed by atoms with Crippen molar-refractivity contribution in [3.05, 3.63) is 42.0 Å². The lowest BCUT2D eigenvalue weighted by Gasteiger charge is -2.08. The van der Waals surface area contributed by atoms with E-state index in [1.165, 1.54) is 24.3 Å². The minimum Gasteiger partial charge on any atom is -0.508 e. The first-order chi connectivity index (χ1) is 8.58. The van der Waals surface area contributed by atoms with Gasteiger partial charge in [0.25, 0.3) is 0 Å². The molecule has 2 aromatic rings. The van der Waals surface area contributed by atoms with Crippen LogP contribution in [0.4, 0.5) is 0 Å². The van der Waals surface area contributed by atoms with Gasteiger partial charge in [-0.25, -0.2) is 0 Å². The van der Waals surface area contributed by atoms with Crippen molar-refractivity contribution in [1.29, 1.82) is 0 Å². The molecule has 2 rings (SSSR count). The van der Waals surface area contributed by atoms with E-state index < -0.39 is 0 Å². The van der Waals surface area contributed by atoms with Crippen LogP contribution in [-0.4, -0.2) is 15.3 Å². The molecule has 0 radical (unpaired) electrons. The molecule has 18 heavy (non-hydrogen) atoms. The van der Waals surface area contributed by atoms with Crippen molar-refractivity contribution in [2.45, 2.75) is 13.3 Å². The second-order valence-corrected chi connectivity index (χ2v) is 3.93. The van der Waals surface area contributed by atoms with Crippen molar-refractivity contribution < 1.29 is 20.1 Å². The second-order valence-electron chi connectivity index (χ2n) is 3.93. The maximum atomic E-state index is 9.70. The van der Waals surface area contributed by atoms with E-state index >= 15 is 0 Å². The Labute approximate surface area is 105 Å². The van der Waals surface area contributed by atoms with E-state index in [1.54, 1.807) is 12.1 Å². The Bertz CT molecular complexity index is 543. The smallest absolute Gasteiger partial charge is 0.134 e. The average Bonchev–Trinajstić information content (AvgIpc) is 2.27. The number of aryl methyl sites for hydroxylation is 1. The SMILES string of the molecule is CCc1ccc(Oc2cc(O)cc(O)c2)cc1O. The maximum Gasteiger partial charge on any atom is 0.134 e. The fourth-order valence-corrected chi connectivity index (χ4v) is 1.67. The first kappa shape index (κ1) is 12.1. The molecule has 0 atom stereocenters. The highest BCUT2D eigenvalue weighted by Gasteiger charge is 2.05. The Morgan fingerprint density at radius 3 is 2.11 bits per heavy atom. The molecule has 0 aliphatic heterocycles. The number of hydrogen-bond acceptors (Lipinski definition) is 4. The number of benzene rings is 2. The summed E-state index contributed by atoms with van der Waals surface area (Å²) in [6.07, 6.45) is 0.735. The monoisotopic (exact) mass is 246 g/mol. The third kappa shape index (κ3) is 2.66. The Kier molecular flexibility index (Phi) is 3.28. The molecule has 0 fully saturated rings. The second kappa shape index (κ2) is 4.87. The van der Waals surface area contributed by atoms with Crippen molar-refractivity contribution in [2.24, 2.45) is 0 Å². The van der Waals surface area contributed by atoms with E-state index in [0.717, 1.165) is 12.0 Å². The zero-order valence-corrected chi connectivity index (χ0v) is 9.92. The van der Waals surface area contributed by atoms with E-state index in [9.17, 15) is 15.3 Å². The summed E-state index contributed by atoms with van der Waals surface area (Å²) < 4.78 is 5.44. The highest BCUT2D eigenvalue weighted by molar-refractivity contribution is 5.45. The van der Waals surface area contributed by atoms with Crippen LogP contribution < -0.4 is 4.74 Å². The van der Waals surface area contributed by atoms with Crippen molar-refractivity contribution in [3.63, 3.8) is 0 Å². The fraction of sp³-hybridized carbons (Fsp3) is 0.143. The van der Waals surface area contributed by atoms with Crippen LogP contribution in [0.3, 0.4) is 0 Å². The lowest BCUT2D eigenvalue weighted by molar-refractivity contribution is 0.428. The molecule has 4 nitrogen and oxygen atoms in total. The van der Waals surface area contributed by atoms with Crippen molar-refractivity contribution in [2.75, 3.05) is 0 Å². The molecule has 0 aliphatic carbocycles. The van der Waals surface area contributed by atoms with Crippen LogP contribution in [0.2, 0.25) is 0 Å². The molecule has 0 saturated carbocycles. The first-order valence-electron chi connectivity index (χ1n) is 5.61. The van der Waals surface area contributed by atoms with E-state index in [0.29, 0.717) is 11.5 Å². The minimum absolute atomic E-state index is 0.0839. The summed E-state index contributed by atoms with van der Waals surface area (Å²) in [5.41, 5.74) is 0.834. The van der Waals surface area contributed by atoms with Gasteiger partial charge in [-0.15, -0.1) is 0 Å². The number of rotatable bonds is 3. The Balaban J connectivity index is 2.25. The van der Waals surface area contributed by atoms with Crippen LogP contribution in [0.15, 0.2) is 36.4 Å². The van der Waals surface area contributed by atoms with Crippen LogP contribution in [0.5, 0.6) is 28.7 Å². The van der Waals surface area contributed by atoms with E-state index in [2.05, 4.69) is 0 Å². The van der Waals surface area contributed by atoms with Gasteiger partial charge in [0, 0.05) is 24.3 Å². The van der Waals surface area contributed by atoms with Crippen molar-refractivity contribution in [3.8, 4) is 28.7 Å². The predicted molar refractivity (Wildman–Crippen MR) is 67.3 cm³/mol. The molecule has 0 unspecified atom stereocenters. The molecule has 0 heterocycles. The van der Waals surface area contributed by atoms with Gasteiger partial charge in [0.05, 0.1) is 0 Å². The molecule has 4 heteroatoms. The largest absolute Gasteiger partial charge is 0.508 e. The molecule has 0 spiro atoms. The highest BCUT2D eigenvalue weighted by atomic mass is 16.5. The van der Waals surface area contributed by atoms with Gasteiger partial charge in [0.2, 0.25) is 0 Å². The lowest BCUT2D eigenvalue weighted by atomic mass is 10.1. The molecule has 3 N–H and O–H groups in total. The number of hydrogen-bond donors (Lipinski definition) is 3. The molecule has 0 aromatic heterocycles. The molecule has 0 bridgehead atoms. The fourth-order valence-electron chi connectivity index (χ4n) is 1.67. The molecule has 0 saturated heterocycles. The average molecular weight is 246 g/mol. The van der Waals surface area contributed by atoms with Crippen LogP contribution in [0.25, 0.3) is 0 Å². The van der Waals surface area contributed by atoms with Gasteiger partial charge in [-0.05, 0) is 18.1 Å². The number of phenolic OH excluding ortho intramolecular Hbond substituents is 3. The van der Waals surface area contributed by atoms with E-state index in [4.69, 9.17) is 4.74 Å². The summed E-state index contributed by atoms with van der Waals surface area (Å²) in [5, 5.41) is 28.3. The molecular weight excluding hydrogens is 232 g/mol. The Hall–Kier alpha value is -2.36. The van der Waals surface area contributed by atoms with E-state index in [1.807, 2.05) is 6.92 Å². The predicted octanol–water partition coefficient (Wildman–Crippen LogP) is 3.16.